The van der Waals surface area contributed by atoms with E-state index in [-0.39, 0.29) is 6.04 Å². The van der Waals surface area contributed by atoms with Gasteiger partial charge in [0.05, 0.1) is 12.3 Å². The molecule has 0 radical (unpaired) electrons. The number of hydrogen-bond acceptors (Lipinski definition) is 2. The predicted molar refractivity (Wildman–Crippen MR) is 80.2 cm³/mol. The molecule has 98 valence electrons. The average Bonchev–Trinajstić information content (AvgIpc) is 2.66. The van der Waals surface area contributed by atoms with Gasteiger partial charge < -0.3 is 5.73 Å². The molecule has 0 saturated heterocycles. The molecule has 5 heteroatoms. The molecule has 4 nitrogen and oxygen atoms in total. The molecule has 0 aliphatic carbocycles. The molecule has 0 aliphatic rings. The Morgan fingerprint density at radius 2 is 2.21 bits per heavy atom. The van der Waals surface area contributed by atoms with Gasteiger partial charge in [0.1, 0.15) is 5.82 Å². The average molecular weight is 319 g/mol. The minimum absolute atomic E-state index is 0.150. The fourth-order valence-corrected chi connectivity index (χ4v) is 2.41. The van der Waals surface area contributed by atoms with Crippen LogP contribution in [0.3, 0.4) is 0 Å². The molecular weight excluding hydrogens is 304 g/mol. The van der Waals surface area contributed by atoms with Gasteiger partial charge in [-0.1, -0.05) is 28.1 Å². The van der Waals surface area contributed by atoms with Crippen molar-refractivity contribution in [2.45, 2.75) is 26.3 Å². The zero-order chi connectivity index (χ0) is 14.0. The van der Waals surface area contributed by atoms with Crippen LogP contribution in [-0.2, 0) is 6.42 Å². The van der Waals surface area contributed by atoms with Crippen molar-refractivity contribution in [3.05, 3.63) is 51.4 Å². The Morgan fingerprint density at radius 3 is 2.79 bits per heavy atom. The van der Waals surface area contributed by atoms with Crippen LogP contribution in [0.1, 0.15) is 31.1 Å². The Hall–Kier alpha value is -1.80. The van der Waals surface area contributed by atoms with Gasteiger partial charge >= 0.3 is 0 Å². The Balaban J connectivity index is 2.41. The molecule has 0 unspecified atom stereocenters. The summed E-state index contributed by atoms with van der Waals surface area (Å²) in [5.74, 6) is 0.454. The number of nitrogens with zero attached hydrogens (tertiary/aromatic N) is 3. The van der Waals surface area contributed by atoms with E-state index >= 15 is 0 Å². The number of rotatable bonds is 3. The second kappa shape index (κ2) is 5.45. The highest BCUT2D eigenvalue weighted by Gasteiger charge is 2.17. The summed E-state index contributed by atoms with van der Waals surface area (Å²) in [6, 6.07) is 8.14. The quantitative estimate of drug-likeness (QED) is 0.871. The molecule has 0 atom stereocenters. The Bertz CT molecular complexity index is 637. The number of nitrogen functional groups attached to an aromatic ring is 1. The van der Waals surface area contributed by atoms with Crippen molar-refractivity contribution in [2.75, 3.05) is 5.73 Å². The second-order valence-corrected chi connectivity index (χ2v) is 5.55. The molecule has 0 bridgehead atoms. The molecule has 2 N–H and O–H groups in total. The summed E-state index contributed by atoms with van der Waals surface area (Å²) in [6.45, 7) is 11.3. The summed E-state index contributed by atoms with van der Waals surface area (Å²) in [5, 5.41) is 4.47. The van der Waals surface area contributed by atoms with Crippen LogP contribution in [0, 0.1) is 6.57 Å². The molecule has 19 heavy (non-hydrogen) atoms. The number of halogens is 1. The Kier molecular flexibility index (Phi) is 3.91. The molecular formula is C14H15BrN4. The third kappa shape index (κ3) is 2.79. The lowest BCUT2D eigenvalue weighted by molar-refractivity contribution is 0.535. The minimum atomic E-state index is 0.150. The molecule has 1 aromatic heterocycles. The van der Waals surface area contributed by atoms with Gasteiger partial charge in [0.25, 0.3) is 5.69 Å². The van der Waals surface area contributed by atoms with Gasteiger partial charge in [0.2, 0.25) is 0 Å². The first kappa shape index (κ1) is 13.6. The highest BCUT2D eigenvalue weighted by molar-refractivity contribution is 9.10. The summed E-state index contributed by atoms with van der Waals surface area (Å²) in [7, 11) is 0. The largest absolute Gasteiger partial charge is 0.393 e. The maximum absolute atomic E-state index is 7.27. The third-order valence-corrected chi connectivity index (χ3v) is 3.35. The topological polar surface area (TPSA) is 48.2 Å². The number of aromatic nitrogens is 2. The minimum Gasteiger partial charge on any atom is -0.393 e. The number of nitrogens with two attached hydrogens (primary N) is 1. The van der Waals surface area contributed by atoms with E-state index in [1.54, 1.807) is 4.68 Å². The molecule has 2 aromatic rings. The molecule has 0 fully saturated rings. The highest BCUT2D eigenvalue weighted by atomic mass is 79.9. The maximum atomic E-state index is 7.27. The van der Waals surface area contributed by atoms with Gasteiger partial charge in [-0.05, 0) is 31.5 Å². The van der Waals surface area contributed by atoms with E-state index in [1.165, 1.54) is 0 Å². The van der Waals surface area contributed by atoms with Crippen LogP contribution in [0.5, 0.6) is 0 Å². The van der Waals surface area contributed by atoms with Crippen LogP contribution in [0.4, 0.5) is 11.5 Å². The van der Waals surface area contributed by atoms with Crippen molar-refractivity contribution in [2.24, 2.45) is 0 Å². The summed E-state index contributed by atoms with van der Waals surface area (Å²) >= 11 is 3.44. The summed E-state index contributed by atoms with van der Waals surface area (Å²) < 4.78 is 2.73. The van der Waals surface area contributed by atoms with Crippen molar-refractivity contribution in [1.29, 1.82) is 0 Å². The lowest BCUT2D eigenvalue weighted by atomic mass is 10.1. The van der Waals surface area contributed by atoms with Gasteiger partial charge in [-0.25, -0.2) is 4.85 Å². The van der Waals surface area contributed by atoms with Crippen molar-refractivity contribution in [3.8, 4) is 0 Å². The van der Waals surface area contributed by atoms with Gasteiger partial charge in [-0.2, -0.15) is 5.10 Å². The second-order valence-electron chi connectivity index (χ2n) is 4.64. The van der Waals surface area contributed by atoms with Crippen LogP contribution < -0.4 is 5.73 Å². The maximum Gasteiger partial charge on any atom is 0.250 e. The zero-order valence-electron chi connectivity index (χ0n) is 10.9. The summed E-state index contributed by atoms with van der Waals surface area (Å²) in [5.41, 5.74) is 8.28. The van der Waals surface area contributed by atoms with E-state index in [0.29, 0.717) is 17.9 Å². The first-order chi connectivity index (χ1) is 9.02. The molecule has 0 aliphatic heterocycles. The highest BCUT2D eigenvalue weighted by Crippen LogP contribution is 2.31. The summed E-state index contributed by atoms with van der Waals surface area (Å²) in [4.78, 5) is 3.52. The van der Waals surface area contributed by atoms with Crippen molar-refractivity contribution in [3.63, 3.8) is 0 Å². The van der Waals surface area contributed by atoms with Crippen molar-refractivity contribution in [1.82, 2.24) is 9.78 Å². The fraction of sp³-hybridized carbons (Fsp3) is 0.286. The molecule has 0 amide bonds. The Labute approximate surface area is 121 Å². The van der Waals surface area contributed by atoms with Crippen molar-refractivity contribution < 1.29 is 0 Å². The monoisotopic (exact) mass is 318 g/mol. The van der Waals surface area contributed by atoms with Gasteiger partial charge in [0, 0.05) is 16.9 Å². The predicted octanol–water partition coefficient (Wildman–Crippen LogP) is 3.95. The number of anilines is 1. The smallest absolute Gasteiger partial charge is 0.250 e. The standard InChI is InChI=1S/C14H15BrN4/c1-9(2)19-14(16)13(17-3)12(18-19)8-10-5-4-6-11(15)7-10/h4-7,9H,8,16H2,1-2H3. The van der Waals surface area contributed by atoms with E-state index in [9.17, 15) is 0 Å². The van der Waals surface area contributed by atoms with Crippen LogP contribution in [0.15, 0.2) is 28.7 Å². The third-order valence-electron chi connectivity index (χ3n) is 2.85. The van der Waals surface area contributed by atoms with Crippen LogP contribution in [0.2, 0.25) is 0 Å². The first-order valence-electron chi connectivity index (χ1n) is 6.01. The van der Waals surface area contributed by atoms with Crippen LogP contribution >= 0.6 is 15.9 Å². The normalized spacial score (nSPS) is 10.7. The first-order valence-corrected chi connectivity index (χ1v) is 6.81. The van der Waals surface area contributed by atoms with E-state index in [0.717, 1.165) is 15.7 Å². The van der Waals surface area contributed by atoms with E-state index in [4.69, 9.17) is 12.3 Å². The fourth-order valence-electron chi connectivity index (χ4n) is 1.96. The summed E-state index contributed by atoms with van der Waals surface area (Å²) in [6.07, 6.45) is 0.612. The van der Waals surface area contributed by atoms with Crippen LogP contribution in [-0.4, -0.2) is 9.78 Å². The molecule has 0 saturated carbocycles. The van der Waals surface area contributed by atoms with Gasteiger partial charge in [0.15, 0.2) is 0 Å². The van der Waals surface area contributed by atoms with E-state index in [1.807, 2.05) is 38.1 Å². The van der Waals surface area contributed by atoms with E-state index < -0.39 is 0 Å². The Morgan fingerprint density at radius 1 is 1.47 bits per heavy atom. The molecule has 1 aromatic carbocycles. The molecule has 0 spiro atoms. The zero-order valence-corrected chi connectivity index (χ0v) is 12.5. The van der Waals surface area contributed by atoms with Crippen molar-refractivity contribution >= 4 is 27.4 Å². The molecule has 1 heterocycles. The van der Waals surface area contributed by atoms with Gasteiger partial charge in [-0.3, -0.25) is 4.68 Å². The number of hydrogen-bond donors (Lipinski definition) is 1. The lowest BCUT2D eigenvalue weighted by Gasteiger charge is -2.07. The lowest BCUT2D eigenvalue weighted by Crippen LogP contribution is -2.07. The van der Waals surface area contributed by atoms with Gasteiger partial charge in [-0.15, -0.1) is 0 Å². The van der Waals surface area contributed by atoms with E-state index in [2.05, 4.69) is 25.9 Å². The van der Waals surface area contributed by atoms with Crippen LogP contribution in [0.25, 0.3) is 4.85 Å². The molecule has 2 rings (SSSR count). The number of benzene rings is 1. The SMILES string of the molecule is [C-]#[N+]c1c(Cc2cccc(Br)c2)nn(C(C)C)c1N.